The summed E-state index contributed by atoms with van der Waals surface area (Å²) in [5.74, 6) is 0. The van der Waals surface area contributed by atoms with Gasteiger partial charge in [-0.05, 0) is 30.7 Å². The second-order valence-corrected chi connectivity index (χ2v) is 6.26. The molecule has 1 aliphatic carbocycles. The summed E-state index contributed by atoms with van der Waals surface area (Å²) in [5.41, 5.74) is 0.636. The minimum Gasteiger partial charge on any atom is -0.384 e. The molecule has 1 unspecified atom stereocenters. The highest BCUT2D eigenvalue weighted by atomic mass is 16.3. The average molecular weight is 247 g/mol. The summed E-state index contributed by atoms with van der Waals surface area (Å²) in [7, 11) is 0. The van der Waals surface area contributed by atoms with Crippen LogP contribution >= 0.6 is 0 Å². The second-order valence-electron chi connectivity index (χ2n) is 6.26. The highest BCUT2D eigenvalue weighted by molar-refractivity contribution is 5.21. The second kappa shape index (κ2) is 5.41. The van der Waals surface area contributed by atoms with E-state index in [0.29, 0.717) is 12.0 Å². The summed E-state index contributed by atoms with van der Waals surface area (Å²) < 4.78 is 0. The summed E-state index contributed by atoms with van der Waals surface area (Å²) in [5, 5.41) is 13.9. The molecule has 2 rings (SSSR count). The number of aliphatic hydroxyl groups is 1. The van der Waals surface area contributed by atoms with Crippen LogP contribution in [0.1, 0.15) is 45.1 Å². The molecule has 0 bridgehead atoms. The number of nitrogens with one attached hydrogen (secondary N) is 1. The number of rotatable bonds is 5. The van der Waals surface area contributed by atoms with Crippen LogP contribution in [0.3, 0.4) is 0 Å². The van der Waals surface area contributed by atoms with Gasteiger partial charge in [-0.2, -0.15) is 0 Å². The molecule has 1 atom stereocenters. The summed E-state index contributed by atoms with van der Waals surface area (Å²) >= 11 is 0. The van der Waals surface area contributed by atoms with Gasteiger partial charge in [0.2, 0.25) is 0 Å². The smallest absolute Gasteiger partial charge is 0.0992 e. The van der Waals surface area contributed by atoms with E-state index in [-0.39, 0.29) is 0 Å². The van der Waals surface area contributed by atoms with Crippen LogP contribution in [0.5, 0.6) is 0 Å². The van der Waals surface area contributed by atoms with Gasteiger partial charge in [0.05, 0.1) is 5.60 Å². The molecule has 0 amide bonds. The SMILES string of the molecule is CC1(CNCC(C)(O)c2ccccc2)CCCC1. The lowest BCUT2D eigenvalue weighted by molar-refractivity contribution is 0.0540. The van der Waals surface area contributed by atoms with Gasteiger partial charge in [-0.15, -0.1) is 0 Å². The first-order valence-corrected chi connectivity index (χ1v) is 7.01. The fraction of sp³-hybridized carbons (Fsp3) is 0.625. The molecule has 0 radical (unpaired) electrons. The maximum absolute atomic E-state index is 10.5. The van der Waals surface area contributed by atoms with E-state index >= 15 is 0 Å². The minimum atomic E-state index is -0.782. The van der Waals surface area contributed by atoms with Crippen molar-refractivity contribution in [2.45, 2.75) is 45.1 Å². The van der Waals surface area contributed by atoms with Crippen LogP contribution < -0.4 is 5.32 Å². The number of benzene rings is 1. The normalized spacial score (nSPS) is 21.7. The standard InChI is InChI=1S/C16H25NO/c1-15(10-6-7-11-15)12-17-13-16(2,18)14-8-4-3-5-9-14/h3-5,8-9,17-18H,6-7,10-13H2,1-2H3. The minimum absolute atomic E-state index is 0.437. The van der Waals surface area contributed by atoms with E-state index in [1.807, 2.05) is 37.3 Å². The lowest BCUT2D eigenvalue weighted by atomic mass is 9.88. The van der Waals surface area contributed by atoms with Gasteiger partial charge in [-0.3, -0.25) is 0 Å². The van der Waals surface area contributed by atoms with Crippen molar-refractivity contribution >= 4 is 0 Å². The van der Waals surface area contributed by atoms with Gasteiger partial charge < -0.3 is 10.4 Å². The summed E-state index contributed by atoms with van der Waals surface area (Å²) in [6, 6.07) is 9.90. The Kier molecular flexibility index (Phi) is 4.08. The first-order chi connectivity index (χ1) is 8.52. The zero-order chi connectivity index (χ0) is 13.1. The Morgan fingerprint density at radius 1 is 1.22 bits per heavy atom. The quantitative estimate of drug-likeness (QED) is 0.838. The summed E-state index contributed by atoms with van der Waals surface area (Å²) in [4.78, 5) is 0. The van der Waals surface area contributed by atoms with E-state index in [9.17, 15) is 5.11 Å². The number of hydrogen-bond acceptors (Lipinski definition) is 2. The molecule has 0 saturated heterocycles. The first-order valence-electron chi connectivity index (χ1n) is 7.01. The van der Waals surface area contributed by atoms with Crippen LogP contribution in [0.2, 0.25) is 0 Å². The van der Waals surface area contributed by atoms with E-state index in [0.717, 1.165) is 12.1 Å². The van der Waals surface area contributed by atoms with Crippen LogP contribution in [-0.4, -0.2) is 18.2 Å². The third kappa shape index (κ3) is 3.33. The molecule has 0 heterocycles. The maximum atomic E-state index is 10.5. The zero-order valence-electron chi connectivity index (χ0n) is 11.6. The maximum Gasteiger partial charge on any atom is 0.0992 e. The van der Waals surface area contributed by atoms with Gasteiger partial charge in [0.15, 0.2) is 0 Å². The van der Waals surface area contributed by atoms with E-state index in [4.69, 9.17) is 0 Å². The Bertz CT molecular complexity index is 366. The molecule has 2 nitrogen and oxygen atoms in total. The molecule has 0 aliphatic heterocycles. The fourth-order valence-electron chi connectivity index (χ4n) is 2.91. The topological polar surface area (TPSA) is 32.3 Å². The lowest BCUT2D eigenvalue weighted by Gasteiger charge is -2.29. The van der Waals surface area contributed by atoms with Crippen LogP contribution in [-0.2, 0) is 5.60 Å². The van der Waals surface area contributed by atoms with Gasteiger partial charge >= 0.3 is 0 Å². The van der Waals surface area contributed by atoms with Crippen molar-refractivity contribution in [3.05, 3.63) is 35.9 Å². The van der Waals surface area contributed by atoms with Crippen LogP contribution in [0.15, 0.2) is 30.3 Å². The van der Waals surface area contributed by atoms with Gasteiger partial charge in [-0.25, -0.2) is 0 Å². The molecule has 1 aromatic carbocycles. The van der Waals surface area contributed by atoms with E-state index < -0.39 is 5.60 Å². The molecule has 0 aromatic heterocycles. The highest BCUT2D eigenvalue weighted by Gasteiger charge is 2.29. The molecule has 18 heavy (non-hydrogen) atoms. The Morgan fingerprint density at radius 2 is 1.83 bits per heavy atom. The molecular weight excluding hydrogens is 222 g/mol. The first kappa shape index (κ1) is 13.6. The fourth-order valence-corrected chi connectivity index (χ4v) is 2.91. The molecule has 0 spiro atoms. The van der Waals surface area contributed by atoms with Crippen molar-refractivity contribution in [1.82, 2.24) is 5.32 Å². The molecular formula is C16H25NO. The Labute approximate surface area is 110 Å². The Hall–Kier alpha value is -0.860. The van der Waals surface area contributed by atoms with Crippen molar-refractivity contribution in [3.8, 4) is 0 Å². The Balaban J connectivity index is 1.86. The van der Waals surface area contributed by atoms with Crippen LogP contribution in [0.25, 0.3) is 0 Å². The van der Waals surface area contributed by atoms with Crippen molar-refractivity contribution in [1.29, 1.82) is 0 Å². The van der Waals surface area contributed by atoms with Crippen LogP contribution in [0.4, 0.5) is 0 Å². The molecule has 1 aromatic rings. The predicted molar refractivity (Wildman–Crippen MR) is 75.5 cm³/mol. The van der Waals surface area contributed by atoms with Gasteiger partial charge in [0.1, 0.15) is 0 Å². The third-order valence-corrected chi connectivity index (χ3v) is 4.23. The molecule has 1 aliphatic rings. The number of hydrogen-bond donors (Lipinski definition) is 2. The van der Waals surface area contributed by atoms with Crippen molar-refractivity contribution in [2.75, 3.05) is 13.1 Å². The lowest BCUT2D eigenvalue weighted by Crippen LogP contribution is -2.39. The molecule has 1 fully saturated rings. The van der Waals surface area contributed by atoms with Crippen molar-refractivity contribution in [2.24, 2.45) is 5.41 Å². The van der Waals surface area contributed by atoms with Crippen molar-refractivity contribution < 1.29 is 5.11 Å². The zero-order valence-corrected chi connectivity index (χ0v) is 11.6. The van der Waals surface area contributed by atoms with Gasteiger partial charge in [0, 0.05) is 13.1 Å². The monoisotopic (exact) mass is 247 g/mol. The molecule has 100 valence electrons. The molecule has 2 N–H and O–H groups in total. The van der Waals surface area contributed by atoms with E-state index in [2.05, 4.69) is 12.2 Å². The Morgan fingerprint density at radius 3 is 2.44 bits per heavy atom. The molecule has 2 heteroatoms. The van der Waals surface area contributed by atoms with Gasteiger partial charge in [-0.1, -0.05) is 50.1 Å². The van der Waals surface area contributed by atoms with E-state index in [1.165, 1.54) is 25.7 Å². The third-order valence-electron chi connectivity index (χ3n) is 4.23. The van der Waals surface area contributed by atoms with Crippen LogP contribution in [0, 0.1) is 5.41 Å². The van der Waals surface area contributed by atoms with E-state index in [1.54, 1.807) is 0 Å². The summed E-state index contributed by atoms with van der Waals surface area (Å²) in [6.07, 6.45) is 5.33. The average Bonchev–Trinajstić information content (AvgIpc) is 2.77. The largest absolute Gasteiger partial charge is 0.384 e. The highest BCUT2D eigenvalue weighted by Crippen LogP contribution is 2.36. The summed E-state index contributed by atoms with van der Waals surface area (Å²) in [6.45, 7) is 5.86. The van der Waals surface area contributed by atoms with Gasteiger partial charge in [0.25, 0.3) is 0 Å². The predicted octanol–water partition coefficient (Wildman–Crippen LogP) is 3.06. The molecule has 1 saturated carbocycles. The van der Waals surface area contributed by atoms with Crippen molar-refractivity contribution in [3.63, 3.8) is 0 Å².